The van der Waals surface area contributed by atoms with Gasteiger partial charge >= 0.3 is 52.5 Å². The number of halogens is 7. The number of hydrogen-bond donors (Lipinski definition) is 2. The minimum Gasteiger partial charge on any atom is -1.00 e. The molecule has 0 spiro atoms. The van der Waals surface area contributed by atoms with Crippen molar-refractivity contribution in [2.24, 2.45) is 11.5 Å². The molecule has 2 nitrogen and oxygen atoms in total. The van der Waals surface area contributed by atoms with Gasteiger partial charge in [-0.1, -0.05) is 48.5 Å². The summed E-state index contributed by atoms with van der Waals surface area (Å²) >= 11 is 0. The molecule has 4 N–H and O–H groups in total. The minimum atomic E-state index is -10.7. The van der Waals surface area contributed by atoms with Crippen LogP contribution in [0.25, 0.3) is 11.1 Å². The van der Waals surface area contributed by atoms with Crippen molar-refractivity contribution in [1.82, 2.24) is 0 Å². The van der Waals surface area contributed by atoms with Crippen molar-refractivity contribution in [3.63, 3.8) is 0 Å². The molecule has 0 amide bonds. The average Bonchev–Trinajstić information content (AvgIpc) is 2.83. The van der Waals surface area contributed by atoms with Crippen LogP contribution in [-0.4, -0.2) is 13.1 Å². The van der Waals surface area contributed by atoms with Crippen LogP contribution in [0.5, 0.6) is 0 Å². The maximum absolute atomic E-state index is 10.7. The molecule has 0 atom stereocenters. The van der Waals surface area contributed by atoms with Crippen molar-refractivity contribution in [2.45, 2.75) is 6.42 Å². The van der Waals surface area contributed by atoms with E-state index in [4.69, 9.17) is 11.5 Å². The summed E-state index contributed by atoms with van der Waals surface area (Å²) in [6.07, 6.45) is 1.10. The molecule has 0 aromatic heterocycles. The normalized spacial score (nSPS) is 13.5. The Morgan fingerprint density at radius 1 is 0.692 bits per heavy atom. The van der Waals surface area contributed by atoms with Crippen LogP contribution in [0.4, 0.5) is 25.2 Å². The van der Waals surface area contributed by atoms with E-state index < -0.39 is 7.81 Å². The van der Waals surface area contributed by atoms with Gasteiger partial charge in [-0.2, -0.15) is 0 Å². The molecular formula is C15H18ClF6N2PRu. The molecule has 1 aliphatic carbocycles. The summed E-state index contributed by atoms with van der Waals surface area (Å²) < 4.78 is 59.2. The molecule has 0 aliphatic heterocycles. The zero-order valence-corrected chi connectivity index (χ0v) is 16.7. The maximum atomic E-state index is 9.87. The summed E-state index contributed by atoms with van der Waals surface area (Å²) in [4.78, 5) is 0. The fourth-order valence-electron chi connectivity index (χ4n) is 2.08. The smallest absolute Gasteiger partial charge is 1.00 e. The second-order valence-corrected chi connectivity index (χ2v) is 6.94. The first-order chi connectivity index (χ1) is 10.8. The van der Waals surface area contributed by atoms with Crippen molar-refractivity contribution < 1.29 is 57.1 Å². The molecule has 0 saturated carbocycles. The summed E-state index contributed by atoms with van der Waals surface area (Å²) in [5.41, 5.74) is 15.6. The Balaban J connectivity index is 0. The van der Waals surface area contributed by atoms with Crippen LogP contribution >= 0.6 is 7.81 Å². The summed E-state index contributed by atoms with van der Waals surface area (Å²) in [6.45, 7) is 1.19. The van der Waals surface area contributed by atoms with Crippen molar-refractivity contribution in [2.75, 3.05) is 13.1 Å². The molecule has 0 radical (unpaired) electrons. The van der Waals surface area contributed by atoms with E-state index in [-0.39, 0.29) is 31.9 Å². The van der Waals surface area contributed by atoms with Crippen molar-refractivity contribution in [1.29, 1.82) is 0 Å². The molecule has 2 aromatic carbocycles. The van der Waals surface area contributed by atoms with Crippen LogP contribution in [0, 0.1) is 0 Å². The number of rotatable bonds is 1. The molecule has 2 aromatic rings. The molecule has 1 aliphatic rings. The van der Waals surface area contributed by atoms with Gasteiger partial charge in [0.25, 0.3) is 0 Å². The molecule has 0 heterocycles. The first kappa shape index (κ1) is 27.5. The third kappa shape index (κ3) is 12.6. The fourth-order valence-corrected chi connectivity index (χ4v) is 2.08. The fraction of sp³-hybridized carbons (Fsp3) is 0.200. The van der Waals surface area contributed by atoms with E-state index in [1.807, 2.05) is 0 Å². The average molecular weight is 508 g/mol. The first-order valence-corrected chi connectivity index (χ1v) is 8.97. The van der Waals surface area contributed by atoms with Crippen molar-refractivity contribution in [3.8, 4) is 11.1 Å². The largest absolute Gasteiger partial charge is 2.00 e. The van der Waals surface area contributed by atoms with Gasteiger partial charge in [0.15, 0.2) is 0 Å². The molecule has 0 fully saturated rings. The molecule has 0 saturated heterocycles. The topological polar surface area (TPSA) is 52.0 Å². The third-order valence-electron chi connectivity index (χ3n) is 2.87. The Hall–Kier alpha value is -0.717. The molecule has 0 bridgehead atoms. The summed E-state index contributed by atoms with van der Waals surface area (Å²) in [6, 6.07) is 17.3. The van der Waals surface area contributed by atoms with Gasteiger partial charge in [-0.3, -0.25) is 0 Å². The van der Waals surface area contributed by atoms with Crippen LogP contribution < -0.4 is 23.9 Å². The zero-order valence-electron chi connectivity index (χ0n) is 13.3. The Morgan fingerprint density at radius 3 is 1.23 bits per heavy atom. The molecule has 0 unspecified atom stereocenters. The van der Waals surface area contributed by atoms with E-state index in [1.54, 1.807) is 0 Å². The predicted octanol–water partition coefficient (Wildman–Crippen LogP) is 2.55. The van der Waals surface area contributed by atoms with Gasteiger partial charge in [0.2, 0.25) is 0 Å². The molecule has 26 heavy (non-hydrogen) atoms. The molecule has 3 rings (SSSR count). The van der Waals surface area contributed by atoms with Crippen molar-refractivity contribution in [3.05, 3.63) is 59.7 Å². The maximum Gasteiger partial charge on any atom is 2.00 e. The second-order valence-electron chi connectivity index (χ2n) is 5.03. The van der Waals surface area contributed by atoms with Crippen LogP contribution in [-0.2, 0) is 25.9 Å². The van der Waals surface area contributed by atoms with Crippen LogP contribution in [0.1, 0.15) is 11.1 Å². The summed E-state index contributed by atoms with van der Waals surface area (Å²) in [7, 11) is -10.7. The SMILES string of the molecule is F[P-](F)(F)(F)(F)F.NCCN.[Cl-].[Ru+2].c1ccc2c(c1)Cc1ccccc1-2. The van der Waals surface area contributed by atoms with E-state index in [1.165, 1.54) is 22.3 Å². The number of fused-ring (bicyclic) bond motifs is 3. The Bertz CT molecular complexity index is 641. The monoisotopic (exact) mass is 508 g/mol. The van der Waals surface area contributed by atoms with Gasteiger partial charge in [-0.25, -0.2) is 0 Å². The minimum absolute atomic E-state index is 0. The van der Waals surface area contributed by atoms with Crippen LogP contribution in [0.2, 0.25) is 0 Å². The number of nitrogens with two attached hydrogens (primary N) is 2. The van der Waals surface area contributed by atoms with Gasteiger partial charge < -0.3 is 23.9 Å². The quantitative estimate of drug-likeness (QED) is 0.302. The van der Waals surface area contributed by atoms with E-state index in [2.05, 4.69) is 48.5 Å². The third-order valence-corrected chi connectivity index (χ3v) is 2.87. The van der Waals surface area contributed by atoms with Crippen molar-refractivity contribution >= 4 is 7.81 Å². The van der Waals surface area contributed by atoms with Crippen LogP contribution in [0.3, 0.4) is 0 Å². The van der Waals surface area contributed by atoms with E-state index in [9.17, 15) is 25.2 Å². The Morgan fingerprint density at radius 2 is 0.962 bits per heavy atom. The van der Waals surface area contributed by atoms with Gasteiger partial charge in [-0.15, -0.1) is 0 Å². The summed E-state index contributed by atoms with van der Waals surface area (Å²) in [5.74, 6) is 0. The number of benzene rings is 2. The molecule has 150 valence electrons. The van der Waals surface area contributed by atoms with E-state index in [0.29, 0.717) is 13.1 Å². The molecule has 11 heteroatoms. The van der Waals surface area contributed by atoms with Gasteiger partial charge in [-0.05, 0) is 28.7 Å². The second kappa shape index (κ2) is 9.47. The summed E-state index contributed by atoms with van der Waals surface area (Å²) in [5, 5.41) is 0. The van der Waals surface area contributed by atoms with Gasteiger partial charge in [0.1, 0.15) is 0 Å². The zero-order chi connectivity index (χ0) is 18.5. The van der Waals surface area contributed by atoms with Crippen LogP contribution in [0.15, 0.2) is 48.5 Å². The number of hydrogen-bond acceptors (Lipinski definition) is 2. The van der Waals surface area contributed by atoms with E-state index in [0.717, 1.165) is 6.42 Å². The van der Waals surface area contributed by atoms with E-state index >= 15 is 0 Å². The first-order valence-electron chi connectivity index (χ1n) is 6.94. The Labute approximate surface area is 166 Å². The standard InChI is InChI=1S/C13H10.C2H8N2.ClH.F6P.Ru/c1-3-7-12-10(5-1)9-11-6-2-4-8-13(11)12;3-1-2-4;;1-7(2,3,4,5)6;/h1-8H,9H2;1-4H2;1H;;/q;;;-1;+2/p-1. The Kier molecular flexibility index (Phi) is 10.0. The predicted molar refractivity (Wildman–Crippen MR) is 86.4 cm³/mol. The van der Waals surface area contributed by atoms with Gasteiger partial charge in [0, 0.05) is 13.1 Å². The molecular weight excluding hydrogens is 490 g/mol. The van der Waals surface area contributed by atoms with Gasteiger partial charge in [0.05, 0.1) is 0 Å².